The van der Waals surface area contributed by atoms with Crippen molar-refractivity contribution in [3.8, 4) is 5.69 Å². The maximum absolute atomic E-state index is 13.9. The fourth-order valence-corrected chi connectivity index (χ4v) is 2.71. The maximum Gasteiger partial charge on any atom is 0.441 e. The molecule has 2 aromatic rings. The van der Waals surface area contributed by atoms with Crippen LogP contribution in [0.5, 0.6) is 0 Å². The molecule has 0 saturated carbocycles. The summed E-state index contributed by atoms with van der Waals surface area (Å²) in [6.45, 7) is 2.21. The van der Waals surface area contributed by atoms with E-state index in [2.05, 4.69) is 4.74 Å². The minimum atomic E-state index is -5.31. The van der Waals surface area contributed by atoms with Crippen LogP contribution in [-0.2, 0) is 21.4 Å². The number of para-hydroxylation sites is 1. The zero-order valence-corrected chi connectivity index (χ0v) is 15.5. The zero-order chi connectivity index (χ0) is 21.3. The number of hydrogen-bond acceptors (Lipinski definition) is 5. The summed E-state index contributed by atoms with van der Waals surface area (Å²) in [6, 6.07) is 8.21. The Morgan fingerprint density at radius 1 is 1.14 bits per heavy atom. The van der Waals surface area contributed by atoms with Crippen LogP contribution >= 0.6 is 0 Å². The lowest BCUT2D eigenvalue weighted by Gasteiger charge is -2.34. The van der Waals surface area contributed by atoms with Crippen LogP contribution in [0.1, 0.15) is 12.6 Å². The lowest BCUT2D eigenvalue weighted by atomic mass is 10.1. The molecule has 0 radical (unpaired) electrons. The number of alkyl halides is 3. The second-order valence-electron chi connectivity index (χ2n) is 5.98. The number of nitrogens with zero attached hydrogens (tertiary/aromatic N) is 2. The molecule has 0 aliphatic heterocycles. The second kappa shape index (κ2) is 7.41. The van der Waals surface area contributed by atoms with Gasteiger partial charge in [-0.15, -0.1) is 0 Å². The van der Waals surface area contributed by atoms with Gasteiger partial charge in [0.15, 0.2) is 0 Å². The molecule has 0 aliphatic carbocycles. The van der Waals surface area contributed by atoms with E-state index in [1.54, 1.807) is 35.6 Å². The molecule has 0 bridgehead atoms. The van der Waals surface area contributed by atoms with Gasteiger partial charge in [0.2, 0.25) is 5.91 Å². The first-order valence-corrected chi connectivity index (χ1v) is 8.02. The summed E-state index contributed by atoms with van der Waals surface area (Å²) in [5.74, 6) is -2.96. The summed E-state index contributed by atoms with van der Waals surface area (Å²) >= 11 is 0. The van der Waals surface area contributed by atoms with Gasteiger partial charge in [0.25, 0.3) is 5.56 Å². The Balaban J connectivity index is 2.71. The maximum atomic E-state index is 13.9. The lowest BCUT2D eigenvalue weighted by molar-refractivity contribution is -0.206. The number of nitrogens with one attached hydrogen (secondary N) is 2. The van der Waals surface area contributed by atoms with Gasteiger partial charge in [0.1, 0.15) is 5.69 Å². The molecule has 0 aliphatic rings. The molecule has 11 heteroatoms. The Kier molecular flexibility index (Phi) is 5.57. The van der Waals surface area contributed by atoms with E-state index in [-0.39, 0.29) is 5.69 Å². The van der Waals surface area contributed by atoms with Crippen molar-refractivity contribution >= 4 is 17.6 Å². The molecular formula is C17H19F3N4O4. The first kappa shape index (κ1) is 21.1. The number of rotatable bonds is 5. The Hall–Kier alpha value is -3.24. The van der Waals surface area contributed by atoms with Crippen LogP contribution in [0.3, 0.4) is 0 Å². The molecule has 1 atom stereocenters. The number of ether oxygens (including phenoxy) is 1. The van der Waals surface area contributed by atoms with Crippen LogP contribution in [0, 0.1) is 6.92 Å². The summed E-state index contributed by atoms with van der Waals surface area (Å²) in [7, 11) is 2.22. The van der Waals surface area contributed by atoms with Gasteiger partial charge in [-0.2, -0.15) is 13.2 Å². The second-order valence-corrected chi connectivity index (χ2v) is 5.98. The number of carbonyl (C=O) groups excluding carboxylic acids is 2. The Labute approximate surface area is 157 Å². The SMILES string of the molecule is COC(=O)[C@@](NC(C)=O)(Nc1c(C)n(C)n(-c2ccccc2)c1=O)C(F)(F)F. The van der Waals surface area contributed by atoms with Gasteiger partial charge in [0, 0.05) is 14.0 Å². The summed E-state index contributed by atoms with van der Waals surface area (Å²) in [6.07, 6.45) is -5.31. The van der Waals surface area contributed by atoms with E-state index in [1.165, 1.54) is 18.7 Å². The average Bonchev–Trinajstić information content (AvgIpc) is 2.83. The first-order chi connectivity index (χ1) is 13.0. The van der Waals surface area contributed by atoms with E-state index in [1.807, 2.05) is 5.32 Å². The molecule has 0 spiro atoms. The third-order valence-electron chi connectivity index (χ3n) is 4.15. The summed E-state index contributed by atoms with van der Waals surface area (Å²) in [5, 5.41) is 3.44. The molecule has 1 amide bonds. The third-order valence-corrected chi connectivity index (χ3v) is 4.15. The molecule has 28 heavy (non-hydrogen) atoms. The highest BCUT2D eigenvalue weighted by Gasteiger charge is 2.63. The van der Waals surface area contributed by atoms with Gasteiger partial charge in [-0.3, -0.25) is 14.3 Å². The van der Waals surface area contributed by atoms with Crippen LogP contribution in [0.25, 0.3) is 5.69 Å². The van der Waals surface area contributed by atoms with Crippen LogP contribution in [0.4, 0.5) is 18.9 Å². The normalized spacial score (nSPS) is 13.5. The van der Waals surface area contributed by atoms with Gasteiger partial charge in [-0.25, -0.2) is 9.48 Å². The fraction of sp³-hybridized carbons (Fsp3) is 0.353. The van der Waals surface area contributed by atoms with Crippen molar-refractivity contribution in [2.45, 2.75) is 25.7 Å². The van der Waals surface area contributed by atoms with Crippen LogP contribution in [-0.4, -0.2) is 40.2 Å². The molecule has 1 aromatic carbocycles. The number of carbonyl (C=O) groups is 2. The molecule has 8 nitrogen and oxygen atoms in total. The van der Waals surface area contributed by atoms with E-state index in [0.29, 0.717) is 5.69 Å². The molecule has 152 valence electrons. The van der Waals surface area contributed by atoms with Crippen molar-refractivity contribution < 1.29 is 27.5 Å². The highest BCUT2D eigenvalue weighted by Crippen LogP contribution is 2.33. The minimum absolute atomic E-state index is 0.108. The molecule has 1 aromatic heterocycles. The summed E-state index contributed by atoms with van der Waals surface area (Å²) in [4.78, 5) is 36.4. The van der Waals surface area contributed by atoms with Crippen molar-refractivity contribution in [3.05, 3.63) is 46.4 Å². The van der Waals surface area contributed by atoms with Crippen molar-refractivity contribution in [1.29, 1.82) is 0 Å². The molecule has 0 saturated heterocycles. The number of hydrogen-bond donors (Lipinski definition) is 2. The molecule has 1 heterocycles. The number of benzene rings is 1. The Morgan fingerprint density at radius 2 is 1.71 bits per heavy atom. The van der Waals surface area contributed by atoms with E-state index >= 15 is 0 Å². The minimum Gasteiger partial charge on any atom is -0.466 e. The van der Waals surface area contributed by atoms with Crippen molar-refractivity contribution in [3.63, 3.8) is 0 Å². The van der Waals surface area contributed by atoms with E-state index in [4.69, 9.17) is 0 Å². The number of aromatic nitrogens is 2. The van der Waals surface area contributed by atoms with Crippen molar-refractivity contribution in [1.82, 2.24) is 14.7 Å². The van der Waals surface area contributed by atoms with Gasteiger partial charge >= 0.3 is 17.8 Å². The molecule has 0 fully saturated rings. The first-order valence-electron chi connectivity index (χ1n) is 8.02. The van der Waals surface area contributed by atoms with Gasteiger partial charge in [0.05, 0.1) is 18.5 Å². The fourth-order valence-electron chi connectivity index (χ4n) is 2.71. The Morgan fingerprint density at radius 3 is 2.18 bits per heavy atom. The number of methoxy groups -OCH3 is 1. The highest BCUT2D eigenvalue weighted by atomic mass is 19.4. The van der Waals surface area contributed by atoms with Crippen LogP contribution < -0.4 is 16.2 Å². The quantitative estimate of drug-likeness (QED) is 0.586. The molecule has 2 N–H and O–H groups in total. The summed E-state index contributed by atoms with van der Waals surface area (Å²) in [5.41, 5.74) is -4.47. The highest BCUT2D eigenvalue weighted by molar-refractivity contribution is 5.90. The Bertz CT molecular complexity index is 950. The number of esters is 1. The number of anilines is 1. The number of amides is 1. The number of halogens is 3. The topological polar surface area (TPSA) is 94.4 Å². The predicted octanol–water partition coefficient (Wildman–Crippen LogP) is 1.46. The lowest BCUT2D eigenvalue weighted by Crippen LogP contribution is -2.69. The smallest absolute Gasteiger partial charge is 0.441 e. The van der Waals surface area contributed by atoms with Crippen molar-refractivity contribution in [2.24, 2.45) is 7.05 Å². The molecular weight excluding hydrogens is 381 g/mol. The monoisotopic (exact) mass is 400 g/mol. The van der Waals surface area contributed by atoms with Crippen LogP contribution in [0.2, 0.25) is 0 Å². The largest absolute Gasteiger partial charge is 0.466 e. The van der Waals surface area contributed by atoms with E-state index < -0.39 is 35.0 Å². The average molecular weight is 400 g/mol. The van der Waals surface area contributed by atoms with E-state index in [9.17, 15) is 27.6 Å². The zero-order valence-electron chi connectivity index (χ0n) is 15.5. The molecule has 2 rings (SSSR count). The standard InChI is InChI=1S/C17H19F3N4O4/c1-10-13(14(26)24(23(10)3)12-8-6-5-7-9-12)22-16(15(27)28-4,17(18,19)20)21-11(2)25/h5-9,22H,1-4H3,(H,21,25)/t16-/m1/s1. The third kappa shape index (κ3) is 3.47. The van der Waals surface area contributed by atoms with Gasteiger partial charge in [-0.05, 0) is 19.1 Å². The van der Waals surface area contributed by atoms with E-state index in [0.717, 1.165) is 18.7 Å². The van der Waals surface area contributed by atoms with Crippen LogP contribution in [0.15, 0.2) is 35.1 Å². The van der Waals surface area contributed by atoms with Gasteiger partial charge in [-0.1, -0.05) is 18.2 Å². The van der Waals surface area contributed by atoms with Gasteiger partial charge < -0.3 is 15.4 Å². The molecule has 0 unspecified atom stereocenters. The summed E-state index contributed by atoms with van der Waals surface area (Å²) < 4.78 is 48.3. The predicted molar refractivity (Wildman–Crippen MR) is 94.0 cm³/mol. The van der Waals surface area contributed by atoms with Crippen molar-refractivity contribution in [2.75, 3.05) is 12.4 Å².